The van der Waals surface area contributed by atoms with Crippen LogP contribution >= 0.6 is 0 Å². The van der Waals surface area contributed by atoms with Gasteiger partial charge in [-0.25, -0.2) is 17.6 Å². The highest BCUT2D eigenvalue weighted by Crippen LogP contribution is 2.60. The van der Waals surface area contributed by atoms with Gasteiger partial charge in [0, 0.05) is 22.7 Å². The monoisotopic (exact) mass is 1300 g/mol. The Morgan fingerprint density at radius 3 is 0.910 bits per heavy atom. The van der Waals surface area contributed by atoms with Crippen LogP contribution in [0.2, 0.25) is 0 Å². The van der Waals surface area contributed by atoms with E-state index in [1.54, 1.807) is 22.0 Å². The summed E-state index contributed by atoms with van der Waals surface area (Å²) in [5.74, 6) is -0.236. The van der Waals surface area contributed by atoms with E-state index < -0.39 is 34.1 Å². The van der Waals surface area contributed by atoms with Crippen LogP contribution in [0.4, 0.5) is 51.7 Å². The van der Waals surface area contributed by atoms with Crippen molar-refractivity contribution in [3.63, 3.8) is 0 Å². The maximum absolute atomic E-state index is 16.7. The molecule has 0 N–H and O–H groups in total. The zero-order valence-electron chi connectivity index (χ0n) is 54.8. The fourth-order valence-electron chi connectivity index (χ4n) is 15.0. The Balaban J connectivity index is 0.780. The minimum Gasteiger partial charge on any atom is -0.457 e. The Morgan fingerprint density at radius 2 is 0.580 bits per heavy atom. The minimum absolute atomic E-state index is 0.236. The summed E-state index contributed by atoms with van der Waals surface area (Å²) in [6, 6.07) is 101. The predicted octanol–water partition coefficient (Wildman–Crippen LogP) is 25.1. The molecule has 0 bridgehead atoms. The van der Waals surface area contributed by atoms with E-state index >= 15 is 17.6 Å². The number of hydrogen-bond acceptors (Lipinski definition) is 4. The molecule has 0 saturated carbocycles. The van der Waals surface area contributed by atoms with Gasteiger partial charge in [0.05, 0.1) is 10.8 Å². The van der Waals surface area contributed by atoms with Crippen molar-refractivity contribution in [2.75, 3.05) is 9.80 Å². The van der Waals surface area contributed by atoms with Crippen molar-refractivity contribution in [2.24, 2.45) is 0 Å². The van der Waals surface area contributed by atoms with Crippen molar-refractivity contribution >= 4 is 46.3 Å². The SMILES string of the molecule is C=Cc1ccc(Oc2ccc(C3(c4ccc(C)cc4)c4ccccc4-c4ccc(N(c5ccc(-c6ccc(N(c7ccc8c(c7)C(c7ccc(C)cc7)(c7ccc(Oc9ccc(C=C)cc9)cc7)c7ccccc7-8)c7c(F)cccc7F)cc6)cc5)c5c(F)cccc5F)cc43)cc2)cc1. The quantitative estimate of drug-likeness (QED) is 0.0849. The maximum Gasteiger partial charge on any atom is 0.150 e. The van der Waals surface area contributed by atoms with Gasteiger partial charge in [-0.3, -0.25) is 0 Å². The third-order valence-electron chi connectivity index (χ3n) is 19.7. The molecule has 0 aliphatic heterocycles. The van der Waals surface area contributed by atoms with Gasteiger partial charge in [0.25, 0.3) is 0 Å². The molecule has 2 unspecified atom stereocenters. The smallest absolute Gasteiger partial charge is 0.150 e. The largest absolute Gasteiger partial charge is 0.457 e. The van der Waals surface area contributed by atoms with Crippen molar-refractivity contribution in [2.45, 2.75) is 24.7 Å². The molecule has 14 aromatic carbocycles. The zero-order chi connectivity index (χ0) is 68.2. The highest BCUT2D eigenvalue weighted by molar-refractivity contribution is 5.92. The molecule has 482 valence electrons. The van der Waals surface area contributed by atoms with Crippen molar-refractivity contribution < 1.29 is 27.0 Å². The summed E-state index contributed by atoms with van der Waals surface area (Å²) in [6.45, 7) is 11.9. The van der Waals surface area contributed by atoms with Gasteiger partial charge in [-0.05, 0) is 224 Å². The van der Waals surface area contributed by atoms with Gasteiger partial charge in [-0.1, -0.05) is 231 Å². The van der Waals surface area contributed by atoms with Gasteiger partial charge in [-0.15, -0.1) is 0 Å². The highest BCUT2D eigenvalue weighted by atomic mass is 19.1. The molecule has 2 aliphatic carbocycles. The van der Waals surface area contributed by atoms with Crippen LogP contribution in [0.25, 0.3) is 45.5 Å². The first-order chi connectivity index (χ1) is 48.9. The molecule has 0 fully saturated rings. The van der Waals surface area contributed by atoms with E-state index in [0.29, 0.717) is 45.7 Å². The van der Waals surface area contributed by atoms with Crippen LogP contribution in [0, 0.1) is 37.1 Å². The molecular formula is C92H64F4N2O2. The molecule has 0 radical (unpaired) electrons. The molecule has 8 heteroatoms. The van der Waals surface area contributed by atoms with Crippen LogP contribution in [0.1, 0.15) is 66.8 Å². The van der Waals surface area contributed by atoms with Crippen LogP contribution in [-0.4, -0.2) is 0 Å². The molecule has 2 aliphatic rings. The normalized spacial score (nSPS) is 14.7. The first-order valence-corrected chi connectivity index (χ1v) is 33.2. The van der Waals surface area contributed by atoms with E-state index in [1.807, 2.05) is 146 Å². The number of benzene rings is 14. The van der Waals surface area contributed by atoms with Gasteiger partial charge in [0.15, 0.2) is 0 Å². The number of rotatable bonds is 17. The van der Waals surface area contributed by atoms with Crippen LogP contribution in [0.5, 0.6) is 23.0 Å². The number of anilines is 6. The Bertz CT molecular complexity index is 5060. The van der Waals surface area contributed by atoms with Crippen LogP contribution in [0.15, 0.2) is 329 Å². The first kappa shape index (κ1) is 62.3. The summed E-state index contributed by atoms with van der Waals surface area (Å²) < 4.78 is 79.7. The third-order valence-corrected chi connectivity index (χ3v) is 19.7. The summed E-state index contributed by atoms with van der Waals surface area (Å²) >= 11 is 0. The fraction of sp³-hybridized carbons (Fsp3) is 0.0435. The molecule has 0 aromatic heterocycles. The van der Waals surface area contributed by atoms with E-state index in [2.05, 4.69) is 160 Å². The number of aryl methyl sites for hydroxylation is 2. The topological polar surface area (TPSA) is 24.9 Å². The summed E-state index contributed by atoms with van der Waals surface area (Å²) in [6.07, 6.45) is 3.59. The number of nitrogens with zero attached hydrogens (tertiary/aromatic N) is 2. The van der Waals surface area contributed by atoms with Gasteiger partial charge in [0.2, 0.25) is 0 Å². The average molecular weight is 1310 g/mol. The second-order valence-electron chi connectivity index (χ2n) is 25.5. The second-order valence-corrected chi connectivity index (χ2v) is 25.5. The van der Waals surface area contributed by atoms with Crippen molar-refractivity contribution in [3.8, 4) is 56.4 Å². The molecule has 0 spiro atoms. The second kappa shape index (κ2) is 25.5. The number of hydrogen-bond donors (Lipinski definition) is 0. The zero-order valence-corrected chi connectivity index (χ0v) is 54.8. The summed E-state index contributed by atoms with van der Waals surface area (Å²) in [4.78, 5) is 3.29. The van der Waals surface area contributed by atoms with Crippen LogP contribution in [-0.2, 0) is 10.8 Å². The number of fused-ring (bicyclic) bond motifs is 6. The summed E-state index contributed by atoms with van der Waals surface area (Å²) in [5.41, 5.74) is 17.7. The summed E-state index contributed by atoms with van der Waals surface area (Å²) in [7, 11) is 0. The first-order valence-electron chi connectivity index (χ1n) is 33.2. The number of ether oxygens (including phenoxy) is 2. The van der Waals surface area contributed by atoms with Gasteiger partial charge in [-0.2, -0.15) is 0 Å². The fourth-order valence-corrected chi connectivity index (χ4v) is 15.0. The van der Waals surface area contributed by atoms with E-state index in [-0.39, 0.29) is 11.4 Å². The molecule has 14 aromatic rings. The lowest BCUT2D eigenvalue weighted by molar-refractivity contribution is 0.482. The van der Waals surface area contributed by atoms with E-state index in [4.69, 9.17) is 9.47 Å². The van der Waals surface area contributed by atoms with Crippen molar-refractivity contribution in [3.05, 3.63) is 419 Å². The number of para-hydroxylation sites is 2. The lowest BCUT2D eigenvalue weighted by atomic mass is 9.67. The van der Waals surface area contributed by atoms with Crippen LogP contribution in [0.3, 0.4) is 0 Å². The van der Waals surface area contributed by atoms with E-state index in [9.17, 15) is 0 Å². The lowest BCUT2D eigenvalue weighted by Gasteiger charge is -2.35. The van der Waals surface area contributed by atoms with E-state index in [0.717, 1.165) is 100 Å². The van der Waals surface area contributed by atoms with E-state index in [1.165, 1.54) is 36.4 Å². The molecular weight excluding hydrogens is 1240 g/mol. The molecule has 0 amide bonds. The Kier molecular flexibility index (Phi) is 15.9. The summed E-state index contributed by atoms with van der Waals surface area (Å²) in [5, 5.41) is 0. The van der Waals surface area contributed by atoms with Crippen molar-refractivity contribution in [1.29, 1.82) is 0 Å². The molecule has 0 heterocycles. The van der Waals surface area contributed by atoms with Gasteiger partial charge >= 0.3 is 0 Å². The molecule has 100 heavy (non-hydrogen) atoms. The number of halogens is 4. The lowest BCUT2D eigenvalue weighted by Crippen LogP contribution is -2.29. The Morgan fingerprint density at radius 1 is 0.290 bits per heavy atom. The predicted molar refractivity (Wildman–Crippen MR) is 398 cm³/mol. The van der Waals surface area contributed by atoms with Gasteiger partial charge in [0.1, 0.15) is 57.6 Å². The Labute approximate surface area is 579 Å². The molecule has 0 saturated heterocycles. The standard InChI is InChI=1S/C92H64F4N2O2/c1-5-61-25-47-73(48-26-61)99-75-51-37-67(38-52-75)91(65-33-21-59(3)22-34-65)81-15-9-7-13-77(81)79-55-45-71(57-83(79)91)97(89-85(93)17-11-18-86(89)94)69-41-29-63(30-42-69)64-31-43-70(44-32-64)98(90-87(95)19-12-20-88(90)96)72-46-56-80-78-14-8-10-16-82(78)92(84(80)58-72,66-35-23-60(4)24-36-66)68-39-53-76(54-40-68)100-74-49-27-62(6-2)28-50-74/h5-58H,1-2H2,3-4H3. The van der Waals surface area contributed by atoms with Gasteiger partial charge < -0.3 is 19.3 Å². The molecule has 4 nitrogen and oxygen atoms in total. The molecule has 2 atom stereocenters. The van der Waals surface area contributed by atoms with Crippen molar-refractivity contribution in [1.82, 2.24) is 0 Å². The highest BCUT2D eigenvalue weighted by Gasteiger charge is 2.48. The molecule has 16 rings (SSSR count). The maximum atomic E-state index is 16.7. The Hall–Kier alpha value is -12.5. The third kappa shape index (κ3) is 10.6. The minimum atomic E-state index is -0.884. The average Bonchev–Trinajstić information content (AvgIpc) is 1.55. The van der Waals surface area contributed by atoms with Crippen LogP contribution < -0.4 is 19.3 Å².